The van der Waals surface area contributed by atoms with E-state index in [1.54, 1.807) is 4.52 Å². The Labute approximate surface area is 202 Å². The summed E-state index contributed by atoms with van der Waals surface area (Å²) in [6, 6.07) is 8.66. The van der Waals surface area contributed by atoms with Gasteiger partial charge in [0.25, 0.3) is 5.91 Å². The number of hydrogen-bond acceptors (Lipinski definition) is 7. The summed E-state index contributed by atoms with van der Waals surface area (Å²) in [5, 5.41) is 19.9. The molecule has 0 saturated heterocycles. The molecule has 8 nitrogen and oxygen atoms in total. The number of aromatic nitrogens is 4. The number of carbonyl (C=O) groups excluding carboxylic acids is 1. The number of hydrogen-bond donors (Lipinski definition) is 2. The lowest BCUT2D eigenvalue weighted by Crippen LogP contribution is -2.34. The number of carbonyl (C=O) groups is 1. The van der Waals surface area contributed by atoms with Crippen LogP contribution in [0.5, 0.6) is 5.75 Å². The van der Waals surface area contributed by atoms with Crippen LogP contribution in [-0.2, 0) is 0 Å². The molecule has 4 aromatic rings. The number of nitrogens with one attached hydrogen (secondary N) is 2. The summed E-state index contributed by atoms with van der Waals surface area (Å²) in [7, 11) is 1.42. The van der Waals surface area contributed by atoms with E-state index in [1.807, 2.05) is 32.0 Å². The second kappa shape index (κ2) is 8.99. The van der Waals surface area contributed by atoms with Crippen LogP contribution >= 0.6 is 46.8 Å². The largest absolute Gasteiger partial charge is 0.494 e. The molecule has 0 aliphatic carbocycles. The maximum atomic E-state index is 12.7. The molecule has 32 heavy (non-hydrogen) atoms. The molecule has 12 heteroatoms. The van der Waals surface area contributed by atoms with Gasteiger partial charge in [-0.15, -0.1) is 10.2 Å². The molecule has 0 aliphatic rings. The number of nitrogens with zero attached hydrogens (tertiary/aromatic N) is 4. The van der Waals surface area contributed by atoms with Crippen molar-refractivity contribution in [1.82, 2.24) is 25.1 Å². The predicted molar refractivity (Wildman–Crippen MR) is 130 cm³/mol. The fraction of sp³-hybridized carbons (Fsp3) is 0.150. The Bertz CT molecular complexity index is 1370. The number of benzene rings is 2. The van der Waals surface area contributed by atoms with Gasteiger partial charge in [0.15, 0.2) is 10.9 Å². The average molecular weight is 507 g/mol. The summed E-state index contributed by atoms with van der Waals surface area (Å²) >= 11 is 18.9. The molecule has 0 atom stereocenters. The smallest absolute Gasteiger partial charge is 0.261 e. The molecule has 0 saturated carbocycles. The average Bonchev–Trinajstić information content (AvgIpc) is 3.31. The first-order valence-electron chi connectivity index (χ1n) is 9.22. The molecular formula is C20H16Cl2N6O2S2. The Kier molecular flexibility index (Phi) is 6.29. The third-order valence-corrected chi connectivity index (χ3v) is 6.28. The molecule has 0 bridgehead atoms. The lowest BCUT2D eigenvalue weighted by atomic mass is 10.1. The van der Waals surface area contributed by atoms with Crippen LogP contribution in [0.3, 0.4) is 0 Å². The maximum absolute atomic E-state index is 12.7. The summed E-state index contributed by atoms with van der Waals surface area (Å²) in [6.45, 7) is 3.79. The number of halogens is 2. The van der Waals surface area contributed by atoms with Crippen molar-refractivity contribution in [2.24, 2.45) is 0 Å². The van der Waals surface area contributed by atoms with E-state index in [0.29, 0.717) is 9.98 Å². The van der Waals surface area contributed by atoms with Crippen LogP contribution in [0, 0.1) is 13.8 Å². The monoisotopic (exact) mass is 506 g/mol. The number of ether oxygens (including phenoxy) is 1. The second-order valence-corrected chi connectivity index (χ2v) is 8.91. The Morgan fingerprint density at radius 1 is 1.22 bits per heavy atom. The summed E-state index contributed by atoms with van der Waals surface area (Å²) in [6.07, 6.45) is 0. The topological polar surface area (TPSA) is 93.4 Å². The standard InChI is InChI=1S/C20H16Cl2N6O2S2/c1-9-12(18-27-28-10(2)25-26-20(28)32-18)5-4-6-15(9)23-19(31)24-17(29)13-7-11(21)8-14(22)16(13)30-3/h4-8H,1-3H3,(H2,23,24,29,31). The molecule has 2 N–H and O–H groups in total. The quantitative estimate of drug-likeness (QED) is 0.379. The SMILES string of the molecule is COc1c(Cl)cc(Cl)cc1C(=O)NC(=S)Nc1cccc(-c2nn3c(C)nnc3s2)c1C. The first kappa shape index (κ1) is 22.4. The Morgan fingerprint density at radius 2 is 2.00 bits per heavy atom. The van der Waals surface area contributed by atoms with Crippen molar-refractivity contribution < 1.29 is 9.53 Å². The van der Waals surface area contributed by atoms with Crippen molar-refractivity contribution in [3.63, 3.8) is 0 Å². The number of methoxy groups -OCH3 is 1. The molecule has 4 rings (SSSR count). The number of anilines is 1. The first-order chi connectivity index (χ1) is 15.3. The van der Waals surface area contributed by atoms with Gasteiger partial charge in [-0.3, -0.25) is 10.1 Å². The molecule has 2 aromatic carbocycles. The normalized spacial score (nSPS) is 10.9. The highest BCUT2D eigenvalue weighted by atomic mass is 35.5. The van der Waals surface area contributed by atoms with E-state index in [1.165, 1.54) is 30.6 Å². The van der Waals surface area contributed by atoms with Gasteiger partial charge >= 0.3 is 0 Å². The summed E-state index contributed by atoms with van der Waals surface area (Å²) < 4.78 is 6.93. The van der Waals surface area contributed by atoms with Gasteiger partial charge in [-0.2, -0.15) is 9.61 Å². The van der Waals surface area contributed by atoms with Gasteiger partial charge in [-0.1, -0.05) is 46.7 Å². The van der Waals surface area contributed by atoms with E-state index in [9.17, 15) is 4.79 Å². The van der Waals surface area contributed by atoms with Gasteiger partial charge in [0, 0.05) is 16.3 Å². The molecule has 0 spiro atoms. The lowest BCUT2D eigenvalue weighted by molar-refractivity contribution is 0.0975. The van der Waals surface area contributed by atoms with Crippen LogP contribution in [0.1, 0.15) is 21.7 Å². The number of fused-ring (bicyclic) bond motifs is 1. The number of aryl methyl sites for hydroxylation is 1. The number of rotatable bonds is 4. The van der Waals surface area contributed by atoms with Crippen molar-refractivity contribution in [2.45, 2.75) is 13.8 Å². The molecule has 2 aromatic heterocycles. The van der Waals surface area contributed by atoms with Crippen molar-refractivity contribution in [3.8, 4) is 16.3 Å². The van der Waals surface area contributed by atoms with Crippen LogP contribution in [0.15, 0.2) is 30.3 Å². The van der Waals surface area contributed by atoms with Crippen molar-refractivity contribution in [3.05, 3.63) is 57.3 Å². The second-order valence-electron chi connectivity index (χ2n) is 6.70. The summed E-state index contributed by atoms with van der Waals surface area (Å²) in [5.74, 6) is 0.435. The van der Waals surface area contributed by atoms with E-state index < -0.39 is 5.91 Å². The summed E-state index contributed by atoms with van der Waals surface area (Å²) in [5.41, 5.74) is 2.73. The van der Waals surface area contributed by atoms with E-state index in [4.69, 9.17) is 40.2 Å². The molecule has 0 unspecified atom stereocenters. The van der Waals surface area contributed by atoms with E-state index in [2.05, 4.69) is 25.9 Å². The zero-order valence-electron chi connectivity index (χ0n) is 17.1. The van der Waals surface area contributed by atoms with Gasteiger partial charge in [-0.05, 0) is 49.8 Å². The van der Waals surface area contributed by atoms with E-state index in [-0.39, 0.29) is 21.4 Å². The zero-order valence-corrected chi connectivity index (χ0v) is 20.2. The van der Waals surface area contributed by atoms with Crippen molar-refractivity contribution >= 4 is 68.4 Å². The van der Waals surface area contributed by atoms with Crippen molar-refractivity contribution in [2.75, 3.05) is 12.4 Å². The van der Waals surface area contributed by atoms with Gasteiger partial charge < -0.3 is 10.1 Å². The first-order valence-corrected chi connectivity index (χ1v) is 11.2. The Balaban J connectivity index is 1.55. The molecule has 1 amide bonds. The van der Waals surface area contributed by atoms with Gasteiger partial charge in [-0.25, -0.2) is 0 Å². The van der Waals surface area contributed by atoms with Gasteiger partial charge in [0.05, 0.1) is 17.7 Å². The third kappa shape index (κ3) is 4.26. The maximum Gasteiger partial charge on any atom is 0.261 e. The van der Waals surface area contributed by atoms with Crippen LogP contribution < -0.4 is 15.4 Å². The van der Waals surface area contributed by atoms with Crippen LogP contribution in [0.2, 0.25) is 10.0 Å². The fourth-order valence-corrected chi connectivity index (χ4v) is 4.83. The lowest BCUT2D eigenvalue weighted by Gasteiger charge is -2.15. The highest BCUT2D eigenvalue weighted by molar-refractivity contribution is 7.80. The minimum absolute atomic E-state index is 0.113. The molecule has 0 aliphatic heterocycles. The van der Waals surface area contributed by atoms with E-state index in [0.717, 1.165) is 27.6 Å². The molecule has 164 valence electrons. The van der Waals surface area contributed by atoms with E-state index >= 15 is 0 Å². The van der Waals surface area contributed by atoms with Crippen LogP contribution in [-0.4, -0.2) is 37.9 Å². The Hall–Kier alpha value is -2.79. The van der Waals surface area contributed by atoms with Gasteiger partial charge in [0.1, 0.15) is 10.8 Å². The number of thiocarbonyl (C=S) groups is 1. The zero-order chi connectivity index (χ0) is 23.0. The molecule has 0 fully saturated rings. The summed E-state index contributed by atoms with van der Waals surface area (Å²) in [4.78, 5) is 13.5. The highest BCUT2D eigenvalue weighted by Crippen LogP contribution is 2.33. The molecular weight excluding hydrogens is 491 g/mol. The minimum Gasteiger partial charge on any atom is -0.494 e. The Morgan fingerprint density at radius 3 is 2.72 bits per heavy atom. The van der Waals surface area contributed by atoms with Gasteiger partial charge in [0.2, 0.25) is 4.96 Å². The number of amides is 1. The molecule has 2 heterocycles. The van der Waals surface area contributed by atoms with Crippen molar-refractivity contribution in [1.29, 1.82) is 0 Å². The van der Waals surface area contributed by atoms with Crippen LogP contribution in [0.4, 0.5) is 5.69 Å². The third-order valence-electron chi connectivity index (χ3n) is 4.64. The highest BCUT2D eigenvalue weighted by Gasteiger charge is 2.19. The minimum atomic E-state index is -0.498. The molecule has 0 radical (unpaired) electrons. The fourth-order valence-electron chi connectivity index (χ4n) is 3.09. The predicted octanol–water partition coefficient (Wildman–Crippen LogP) is 4.91. The van der Waals surface area contributed by atoms with Crippen LogP contribution in [0.25, 0.3) is 15.5 Å².